The summed E-state index contributed by atoms with van der Waals surface area (Å²) < 4.78 is 8.97. The average Bonchev–Trinajstić information content (AvgIpc) is 3.46. The second kappa shape index (κ2) is 15.7. The Hall–Kier alpha value is -4.86. The molecular formula is C52H57N4OPt-3. The van der Waals surface area contributed by atoms with Crippen LogP contribution < -0.4 is 15.0 Å². The monoisotopic (exact) mass is 948 g/mol. The number of ether oxygens (including phenoxy) is 1. The van der Waals surface area contributed by atoms with Crippen LogP contribution in [0.3, 0.4) is 0 Å². The summed E-state index contributed by atoms with van der Waals surface area (Å²) in [7, 11) is 4.56. The van der Waals surface area contributed by atoms with E-state index in [0.29, 0.717) is 11.5 Å². The molecule has 0 aliphatic rings. The van der Waals surface area contributed by atoms with Crippen molar-refractivity contribution in [3.05, 3.63) is 151 Å². The van der Waals surface area contributed by atoms with Gasteiger partial charge in [0.2, 0.25) is 0 Å². The van der Waals surface area contributed by atoms with Gasteiger partial charge in [-0.1, -0.05) is 125 Å². The van der Waals surface area contributed by atoms with E-state index in [1.165, 1.54) is 16.7 Å². The largest absolute Gasteiger partial charge is 0.516 e. The molecule has 5 aromatic carbocycles. The third kappa shape index (κ3) is 8.91. The fourth-order valence-corrected chi connectivity index (χ4v) is 7.14. The van der Waals surface area contributed by atoms with Crippen molar-refractivity contribution in [1.29, 1.82) is 0 Å². The molecule has 0 saturated heterocycles. The van der Waals surface area contributed by atoms with Gasteiger partial charge in [0.1, 0.15) is 5.82 Å². The minimum Gasteiger partial charge on any atom is -0.516 e. The molecule has 6 heteroatoms. The van der Waals surface area contributed by atoms with Gasteiger partial charge in [0.15, 0.2) is 0 Å². The molecule has 7 rings (SSSR count). The van der Waals surface area contributed by atoms with Gasteiger partial charge in [0.05, 0.1) is 5.69 Å². The number of fused-ring (bicyclic) bond motifs is 3. The zero-order valence-electron chi connectivity index (χ0n) is 36.2. The second-order valence-electron chi connectivity index (χ2n) is 19.4. The van der Waals surface area contributed by atoms with Crippen molar-refractivity contribution in [1.82, 2.24) is 9.55 Å². The predicted octanol–water partition coefficient (Wildman–Crippen LogP) is 14.4. The molecule has 0 radical (unpaired) electrons. The van der Waals surface area contributed by atoms with E-state index in [9.17, 15) is 0 Å². The molecule has 7 aromatic rings. The smallest absolute Gasteiger partial charge is 0.135 e. The summed E-state index contributed by atoms with van der Waals surface area (Å²) in [4.78, 5) is 6.84. The number of nitrogens with one attached hydrogen (secondary N) is 1. The molecular weight excluding hydrogens is 892 g/mol. The van der Waals surface area contributed by atoms with Crippen molar-refractivity contribution in [2.24, 2.45) is 0 Å². The number of benzene rings is 5. The predicted molar refractivity (Wildman–Crippen MR) is 241 cm³/mol. The molecule has 58 heavy (non-hydrogen) atoms. The van der Waals surface area contributed by atoms with E-state index in [-0.39, 0.29) is 42.7 Å². The third-order valence-electron chi connectivity index (χ3n) is 10.8. The molecule has 0 amide bonds. The van der Waals surface area contributed by atoms with Gasteiger partial charge in [0.25, 0.3) is 0 Å². The van der Waals surface area contributed by atoms with Crippen molar-refractivity contribution in [3.63, 3.8) is 0 Å². The zero-order valence-corrected chi connectivity index (χ0v) is 38.4. The summed E-state index contributed by atoms with van der Waals surface area (Å²) in [5.41, 5.74) is 10.4. The maximum absolute atomic E-state index is 6.75. The van der Waals surface area contributed by atoms with Crippen LogP contribution in [0.2, 0.25) is 0 Å². The minimum atomic E-state index is -0.164. The Morgan fingerprint density at radius 3 is 1.95 bits per heavy atom. The van der Waals surface area contributed by atoms with Gasteiger partial charge in [0, 0.05) is 55.7 Å². The molecule has 1 N–H and O–H groups in total. The van der Waals surface area contributed by atoms with E-state index in [1.807, 2.05) is 29.3 Å². The maximum atomic E-state index is 6.75. The van der Waals surface area contributed by atoms with Crippen LogP contribution >= 0.6 is 0 Å². The SMILES string of the molecule is [CH2-]N(c1[c-]c(Oc2[c-]c3c(cc2)c2cc(C(C)(C)C)ccc2n3-c2cc(C(C)(C)C)ccn2)cc(C(C)(C)C)c1)c1ccccc1Nc1cccc(C(C)(C)C)c1.[Pt]. The molecule has 0 spiro atoms. The summed E-state index contributed by atoms with van der Waals surface area (Å²) in [5, 5.41) is 5.93. The van der Waals surface area contributed by atoms with Crippen LogP contribution in [0.15, 0.2) is 109 Å². The summed E-state index contributed by atoms with van der Waals surface area (Å²) in [5.74, 6) is 2.04. The van der Waals surface area contributed by atoms with Crippen LogP contribution in [0.4, 0.5) is 22.7 Å². The third-order valence-corrected chi connectivity index (χ3v) is 10.8. The molecule has 0 unspecified atom stereocenters. The van der Waals surface area contributed by atoms with E-state index in [0.717, 1.165) is 55.9 Å². The summed E-state index contributed by atoms with van der Waals surface area (Å²) in [6.07, 6.45) is 1.91. The molecule has 0 atom stereocenters. The van der Waals surface area contributed by atoms with Crippen LogP contribution in [0.1, 0.15) is 105 Å². The van der Waals surface area contributed by atoms with Gasteiger partial charge in [-0.15, -0.1) is 47.0 Å². The molecule has 2 heterocycles. The molecule has 304 valence electrons. The quantitative estimate of drug-likeness (QED) is 0.162. The molecule has 0 aliphatic carbocycles. The van der Waals surface area contributed by atoms with Crippen molar-refractivity contribution >= 4 is 44.6 Å². The number of anilines is 4. The maximum Gasteiger partial charge on any atom is 0.135 e. The van der Waals surface area contributed by atoms with E-state index in [1.54, 1.807) is 0 Å². The molecule has 0 bridgehead atoms. The summed E-state index contributed by atoms with van der Waals surface area (Å²) in [6.45, 7) is 26.8. The molecule has 2 aromatic heterocycles. The van der Waals surface area contributed by atoms with Crippen LogP contribution in [-0.2, 0) is 42.7 Å². The van der Waals surface area contributed by atoms with Crippen LogP contribution in [0.5, 0.6) is 11.5 Å². The topological polar surface area (TPSA) is 42.3 Å². The Bertz CT molecular complexity index is 2590. The van der Waals surface area contributed by atoms with E-state index in [4.69, 9.17) is 9.72 Å². The van der Waals surface area contributed by atoms with Gasteiger partial charge >= 0.3 is 0 Å². The number of hydrogen-bond acceptors (Lipinski definition) is 4. The molecule has 0 saturated carbocycles. The standard InChI is InChI=1S/C52H57N4O.Pt/c1-49(2,3)34-17-16-18-38(27-34)54-44-19-14-15-20-46(44)55(13)39-28-37(52(10,11)12)29-41(32-39)57-40-22-23-42-43-30-35(50(4,5)6)21-24-45(43)56(47(42)33-40)48-31-36(25-26-53-48)51(7,8)9;/h14-31,54H,13H2,1-12H3;/q-3;. The van der Waals surface area contributed by atoms with Gasteiger partial charge in [-0.3, -0.25) is 7.05 Å². The normalized spacial score (nSPS) is 12.4. The Kier molecular flexibility index (Phi) is 11.6. The first-order valence-corrected chi connectivity index (χ1v) is 20.0. The summed E-state index contributed by atoms with van der Waals surface area (Å²) in [6, 6.07) is 43.6. The van der Waals surface area contributed by atoms with E-state index < -0.39 is 0 Å². The molecule has 0 aliphatic heterocycles. The number of pyridine rings is 1. The number of hydrogen-bond donors (Lipinski definition) is 1. The number of nitrogens with zero attached hydrogens (tertiary/aromatic N) is 3. The van der Waals surface area contributed by atoms with Gasteiger partial charge in [-0.25, -0.2) is 4.98 Å². The van der Waals surface area contributed by atoms with E-state index in [2.05, 4.69) is 197 Å². The zero-order chi connectivity index (χ0) is 41.1. The van der Waals surface area contributed by atoms with Crippen molar-refractivity contribution < 1.29 is 25.8 Å². The van der Waals surface area contributed by atoms with Crippen LogP contribution in [-0.4, -0.2) is 9.55 Å². The minimum absolute atomic E-state index is 0. The average molecular weight is 949 g/mol. The first kappa shape index (κ1) is 42.7. The number of rotatable bonds is 7. The Morgan fingerprint density at radius 2 is 1.26 bits per heavy atom. The fraction of sp³-hybridized carbons (Fsp3) is 0.308. The van der Waals surface area contributed by atoms with Gasteiger partial charge in [-0.2, -0.15) is 6.07 Å². The number of para-hydroxylation sites is 2. The van der Waals surface area contributed by atoms with Crippen molar-refractivity contribution in [2.45, 2.75) is 105 Å². The Morgan fingerprint density at radius 1 is 0.603 bits per heavy atom. The van der Waals surface area contributed by atoms with Crippen molar-refractivity contribution in [3.8, 4) is 17.3 Å². The summed E-state index contributed by atoms with van der Waals surface area (Å²) >= 11 is 0. The Balaban J connectivity index is 0.00000567. The number of aromatic nitrogens is 2. The van der Waals surface area contributed by atoms with Crippen molar-refractivity contribution in [2.75, 3.05) is 10.2 Å². The fourth-order valence-electron chi connectivity index (χ4n) is 7.14. The van der Waals surface area contributed by atoms with Crippen LogP contribution in [0, 0.1) is 19.2 Å². The molecule has 5 nitrogen and oxygen atoms in total. The first-order valence-electron chi connectivity index (χ1n) is 20.0. The van der Waals surface area contributed by atoms with E-state index >= 15 is 0 Å². The van der Waals surface area contributed by atoms with Gasteiger partial charge in [-0.05, 0) is 86.2 Å². The van der Waals surface area contributed by atoms with Crippen LogP contribution in [0.25, 0.3) is 27.6 Å². The molecule has 0 fully saturated rings. The Labute approximate surface area is 361 Å². The van der Waals surface area contributed by atoms with Gasteiger partial charge < -0.3 is 19.5 Å². The second-order valence-corrected chi connectivity index (χ2v) is 19.4. The first-order chi connectivity index (χ1) is 26.7.